The molecule has 7 nitrogen and oxygen atoms in total. The fraction of sp³-hybridized carbons (Fsp3) is 0.150. The first-order chi connectivity index (χ1) is 13.3. The zero-order chi connectivity index (χ0) is 20.3. The Morgan fingerprint density at radius 1 is 1.07 bits per heavy atom. The van der Waals surface area contributed by atoms with Gasteiger partial charge in [-0.15, -0.1) is 0 Å². The summed E-state index contributed by atoms with van der Waals surface area (Å²) in [6, 6.07) is 13.6. The van der Waals surface area contributed by atoms with E-state index >= 15 is 0 Å². The zero-order valence-electron chi connectivity index (χ0n) is 15.5. The Labute approximate surface area is 167 Å². The maximum Gasteiger partial charge on any atom is 0.316 e. The predicted octanol–water partition coefficient (Wildman–Crippen LogP) is 3.94. The highest BCUT2D eigenvalue weighted by atomic mass is 35.5. The van der Waals surface area contributed by atoms with Crippen LogP contribution in [0.25, 0.3) is 0 Å². The van der Waals surface area contributed by atoms with E-state index in [-0.39, 0.29) is 5.91 Å². The molecule has 1 heterocycles. The number of hydrogen-bond acceptors (Lipinski definition) is 3. The molecular weight excluding hydrogens is 378 g/mol. The Morgan fingerprint density at radius 3 is 2.43 bits per heavy atom. The van der Waals surface area contributed by atoms with E-state index < -0.39 is 6.03 Å². The van der Waals surface area contributed by atoms with Crippen LogP contribution in [0.15, 0.2) is 48.5 Å². The van der Waals surface area contributed by atoms with Gasteiger partial charge >= 0.3 is 6.03 Å². The molecule has 1 aromatic heterocycles. The van der Waals surface area contributed by atoms with Crippen LogP contribution in [-0.4, -0.2) is 21.7 Å². The number of aromatic nitrogens is 2. The molecular formula is C20H20ClN5O2. The number of benzene rings is 2. The smallest absolute Gasteiger partial charge is 0.316 e. The van der Waals surface area contributed by atoms with Gasteiger partial charge in [-0.05, 0) is 43.7 Å². The summed E-state index contributed by atoms with van der Waals surface area (Å²) in [5.41, 5.74) is 8.93. The molecule has 0 atom stereocenters. The number of amides is 3. The third kappa shape index (κ3) is 4.32. The molecule has 0 radical (unpaired) electrons. The Bertz CT molecular complexity index is 1040. The number of urea groups is 1. The molecule has 2 aromatic carbocycles. The van der Waals surface area contributed by atoms with E-state index in [9.17, 15) is 9.59 Å². The van der Waals surface area contributed by atoms with Crippen LogP contribution in [0.3, 0.4) is 0 Å². The SMILES string of the molecule is Cc1nn(Cc2ccccc2Cl)c(C)c1C(=O)Nc1cccc(NC(N)=O)c1. The van der Waals surface area contributed by atoms with Crippen molar-refractivity contribution in [2.45, 2.75) is 20.4 Å². The first-order valence-electron chi connectivity index (χ1n) is 8.60. The van der Waals surface area contributed by atoms with E-state index in [2.05, 4.69) is 15.7 Å². The predicted molar refractivity (Wildman–Crippen MR) is 110 cm³/mol. The second-order valence-corrected chi connectivity index (χ2v) is 6.73. The number of rotatable bonds is 5. The van der Waals surface area contributed by atoms with E-state index in [0.29, 0.717) is 34.2 Å². The van der Waals surface area contributed by atoms with Gasteiger partial charge in [-0.1, -0.05) is 35.9 Å². The molecule has 28 heavy (non-hydrogen) atoms. The average Bonchev–Trinajstić information content (AvgIpc) is 2.90. The van der Waals surface area contributed by atoms with Crippen molar-refractivity contribution in [1.29, 1.82) is 0 Å². The van der Waals surface area contributed by atoms with Gasteiger partial charge in [0.1, 0.15) is 0 Å². The molecule has 0 fully saturated rings. The van der Waals surface area contributed by atoms with Gasteiger partial charge in [-0.2, -0.15) is 5.10 Å². The van der Waals surface area contributed by atoms with Crippen LogP contribution < -0.4 is 16.4 Å². The second kappa shape index (κ2) is 8.14. The summed E-state index contributed by atoms with van der Waals surface area (Å²) < 4.78 is 1.76. The minimum Gasteiger partial charge on any atom is -0.351 e. The molecule has 0 aliphatic carbocycles. The fourth-order valence-electron chi connectivity index (χ4n) is 2.98. The van der Waals surface area contributed by atoms with E-state index in [0.717, 1.165) is 11.3 Å². The van der Waals surface area contributed by atoms with E-state index in [1.807, 2.05) is 31.2 Å². The van der Waals surface area contributed by atoms with Crippen molar-refractivity contribution in [1.82, 2.24) is 9.78 Å². The van der Waals surface area contributed by atoms with Crippen molar-refractivity contribution < 1.29 is 9.59 Å². The maximum absolute atomic E-state index is 12.8. The van der Waals surface area contributed by atoms with Gasteiger partial charge in [-0.25, -0.2) is 4.79 Å². The average molecular weight is 398 g/mol. The molecule has 0 aliphatic rings. The van der Waals surface area contributed by atoms with Crippen molar-refractivity contribution in [3.05, 3.63) is 76.1 Å². The third-order valence-corrected chi connectivity index (χ3v) is 4.64. The zero-order valence-corrected chi connectivity index (χ0v) is 16.2. The molecule has 3 amide bonds. The van der Waals surface area contributed by atoms with Gasteiger partial charge in [0.25, 0.3) is 5.91 Å². The standard InChI is InChI=1S/C20H20ClN5O2/c1-12-18(13(2)26(25-12)11-14-6-3-4-9-17(14)21)19(27)23-15-7-5-8-16(10-15)24-20(22)28/h3-10H,11H2,1-2H3,(H,23,27)(H3,22,24,28). The van der Waals surface area contributed by atoms with Crippen molar-refractivity contribution in [3.8, 4) is 0 Å². The van der Waals surface area contributed by atoms with E-state index in [4.69, 9.17) is 17.3 Å². The molecule has 0 bridgehead atoms. The highest BCUT2D eigenvalue weighted by Gasteiger charge is 2.19. The summed E-state index contributed by atoms with van der Waals surface area (Å²) in [5.74, 6) is -0.281. The van der Waals surface area contributed by atoms with E-state index in [1.165, 1.54) is 0 Å². The van der Waals surface area contributed by atoms with E-state index in [1.54, 1.807) is 35.9 Å². The minimum atomic E-state index is -0.670. The van der Waals surface area contributed by atoms with Crippen LogP contribution in [0.2, 0.25) is 5.02 Å². The number of primary amides is 1. The van der Waals surface area contributed by atoms with Crippen molar-refractivity contribution in [3.63, 3.8) is 0 Å². The van der Waals surface area contributed by atoms with Gasteiger partial charge in [-0.3, -0.25) is 9.48 Å². The number of halogens is 1. The van der Waals surface area contributed by atoms with Crippen LogP contribution in [0.5, 0.6) is 0 Å². The summed E-state index contributed by atoms with van der Waals surface area (Å²) in [7, 11) is 0. The second-order valence-electron chi connectivity index (χ2n) is 6.32. The van der Waals surface area contributed by atoms with Crippen molar-refractivity contribution in [2.75, 3.05) is 10.6 Å². The summed E-state index contributed by atoms with van der Waals surface area (Å²) in [6.45, 7) is 4.10. The Morgan fingerprint density at radius 2 is 1.75 bits per heavy atom. The highest BCUT2D eigenvalue weighted by Crippen LogP contribution is 2.21. The van der Waals surface area contributed by atoms with Gasteiger partial charge in [0.2, 0.25) is 0 Å². The summed E-state index contributed by atoms with van der Waals surface area (Å²) in [4.78, 5) is 23.8. The lowest BCUT2D eigenvalue weighted by Gasteiger charge is -2.09. The van der Waals surface area contributed by atoms with Crippen LogP contribution in [0.4, 0.5) is 16.2 Å². The normalized spacial score (nSPS) is 10.5. The van der Waals surface area contributed by atoms with Gasteiger partial charge in [0, 0.05) is 22.1 Å². The minimum absolute atomic E-state index is 0.281. The first-order valence-corrected chi connectivity index (χ1v) is 8.98. The lowest BCUT2D eigenvalue weighted by atomic mass is 10.1. The van der Waals surface area contributed by atoms with Gasteiger partial charge < -0.3 is 16.4 Å². The Hall–Kier alpha value is -3.32. The molecule has 4 N–H and O–H groups in total. The van der Waals surface area contributed by atoms with Crippen LogP contribution >= 0.6 is 11.6 Å². The number of nitrogens with zero attached hydrogens (tertiary/aromatic N) is 2. The molecule has 8 heteroatoms. The summed E-state index contributed by atoms with van der Waals surface area (Å²) >= 11 is 6.23. The number of carbonyl (C=O) groups excluding carboxylic acids is 2. The van der Waals surface area contributed by atoms with Crippen molar-refractivity contribution >= 4 is 34.9 Å². The molecule has 0 saturated carbocycles. The molecule has 144 valence electrons. The maximum atomic E-state index is 12.8. The lowest BCUT2D eigenvalue weighted by molar-refractivity contribution is 0.102. The molecule has 0 unspecified atom stereocenters. The first kappa shape index (κ1) is 19.4. The Balaban J connectivity index is 1.82. The quantitative estimate of drug-likeness (QED) is 0.607. The van der Waals surface area contributed by atoms with Gasteiger partial charge in [0.15, 0.2) is 0 Å². The highest BCUT2D eigenvalue weighted by molar-refractivity contribution is 6.31. The molecule has 0 saturated heterocycles. The third-order valence-electron chi connectivity index (χ3n) is 4.27. The number of nitrogens with one attached hydrogen (secondary N) is 2. The molecule has 3 aromatic rings. The largest absolute Gasteiger partial charge is 0.351 e. The number of carbonyl (C=O) groups is 2. The molecule has 0 spiro atoms. The van der Waals surface area contributed by atoms with Crippen LogP contribution in [0, 0.1) is 13.8 Å². The van der Waals surface area contributed by atoms with Gasteiger partial charge in [0.05, 0.1) is 17.8 Å². The van der Waals surface area contributed by atoms with Crippen LogP contribution in [-0.2, 0) is 6.54 Å². The van der Waals surface area contributed by atoms with Crippen molar-refractivity contribution in [2.24, 2.45) is 5.73 Å². The monoisotopic (exact) mass is 397 g/mol. The number of nitrogens with two attached hydrogens (primary N) is 1. The lowest BCUT2D eigenvalue weighted by Crippen LogP contribution is -2.19. The number of hydrogen-bond donors (Lipinski definition) is 3. The fourth-order valence-corrected chi connectivity index (χ4v) is 3.17. The Kier molecular flexibility index (Phi) is 5.65. The van der Waals surface area contributed by atoms with Crippen LogP contribution in [0.1, 0.15) is 27.3 Å². The number of anilines is 2. The summed E-state index contributed by atoms with van der Waals surface area (Å²) in [6.07, 6.45) is 0. The molecule has 3 rings (SSSR count). The molecule has 0 aliphatic heterocycles. The summed E-state index contributed by atoms with van der Waals surface area (Å²) in [5, 5.41) is 10.5. The topological polar surface area (TPSA) is 102 Å². The number of aryl methyl sites for hydroxylation is 1.